The number of benzene rings is 3. The van der Waals surface area contributed by atoms with Crippen LogP contribution in [-0.2, 0) is 16.4 Å². The van der Waals surface area contributed by atoms with Gasteiger partial charge in [-0.1, -0.05) is 79.7 Å². The third-order valence-corrected chi connectivity index (χ3v) is 8.04. The van der Waals surface area contributed by atoms with Gasteiger partial charge in [-0.3, -0.25) is 4.90 Å². The lowest BCUT2D eigenvalue weighted by Crippen LogP contribution is -2.50. The van der Waals surface area contributed by atoms with Crippen LogP contribution in [0.3, 0.4) is 0 Å². The summed E-state index contributed by atoms with van der Waals surface area (Å²) in [6.07, 6.45) is 0.968. The van der Waals surface area contributed by atoms with Crippen LogP contribution in [0.2, 0.25) is 0 Å². The molecule has 0 radical (unpaired) electrons. The maximum absolute atomic E-state index is 12.9. The van der Waals surface area contributed by atoms with Crippen molar-refractivity contribution in [2.45, 2.75) is 19.4 Å². The third-order valence-electron chi connectivity index (χ3n) is 6.20. The third kappa shape index (κ3) is 6.02. The quantitative estimate of drug-likeness (QED) is 0.472. The molecule has 0 spiro atoms. The monoisotopic (exact) mass is 464 g/mol. The molecule has 0 atom stereocenters. The normalized spacial score (nSPS) is 15.6. The van der Waals surface area contributed by atoms with E-state index in [0.29, 0.717) is 31.9 Å². The SMILES string of the molecule is CCc1ccc(OCCS(=O)(=O)N2CCN(C(c3ccccc3)c3ccccc3)CC2)cc1. The summed E-state index contributed by atoms with van der Waals surface area (Å²) < 4.78 is 33.1. The highest BCUT2D eigenvalue weighted by molar-refractivity contribution is 7.89. The Labute approximate surface area is 197 Å². The Morgan fingerprint density at radius 3 is 1.85 bits per heavy atom. The van der Waals surface area contributed by atoms with Crippen molar-refractivity contribution in [3.63, 3.8) is 0 Å². The van der Waals surface area contributed by atoms with Crippen molar-refractivity contribution in [2.75, 3.05) is 38.5 Å². The molecule has 6 heteroatoms. The van der Waals surface area contributed by atoms with Crippen LogP contribution in [0.5, 0.6) is 5.75 Å². The number of sulfonamides is 1. The van der Waals surface area contributed by atoms with Crippen LogP contribution in [0, 0.1) is 0 Å². The molecule has 1 saturated heterocycles. The number of nitrogens with zero attached hydrogens (tertiary/aromatic N) is 2. The highest BCUT2D eigenvalue weighted by Crippen LogP contribution is 2.29. The number of hydrogen-bond donors (Lipinski definition) is 0. The molecule has 5 nitrogen and oxygen atoms in total. The van der Waals surface area contributed by atoms with E-state index in [1.807, 2.05) is 36.4 Å². The summed E-state index contributed by atoms with van der Waals surface area (Å²) in [5.74, 6) is 0.698. The molecule has 0 N–H and O–H groups in total. The predicted molar refractivity (Wildman–Crippen MR) is 133 cm³/mol. The van der Waals surface area contributed by atoms with Crippen LogP contribution in [-0.4, -0.2) is 56.2 Å². The Morgan fingerprint density at radius 1 is 0.788 bits per heavy atom. The molecule has 1 aliphatic rings. The molecule has 1 fully saturated rings. The highest BCUT2D eigenvalue weighted by atomic mass is 32.2. The van der Waals surface area contributed by atoms with Crippen molar-refractivity contribution < 1.29 is 13.2 Å². The van der Waals surface area contributed by atoms with Crippen molar-refractivity contribution in [3.8, 4) is 5.75 Å². The van der Waals surface area contributed by atoms with E-state index in [2.05, 4.69) is 60.4 Å². The Morgan fingerprint density at radius 2 is 1.33 bits per heavy atom. The lowest BCUT2D eigenvalue weighted by atomic mass is 9.96. The van der Waals surface area contributed by atoms with Gasteiger partial charge in [0.25, 0.3) is 0 Å². The van der Waals surface area contributed by atoms with Crippen LogP contribution in [0.15, 0.2) is 84.9 Å². The van der Waals surface area contributed by atoms with Gasteiger partial charge in [0, 0.05) is 26.2 Å². The first-order chi connectivity index (χ1) is 16.1. The van der Waals surface area contributed by atoms with Gasteiger partial charge in [0.2, 0.25) is 10.0 Å². The number of piperazine rings is 1. The standard InChI is InChI=1S/C27H32N2O3S/c1-2-23-13-15-26(16-14-23)32-21-22-33(30,31)29-19-17-28(18-20-29)27(24-9-5-3-6-10-24)25-11-7-4-8-12-25/h3-16,27H,2,17-22H2,1H3. The van der Waals surface area contributed by atoms with Crippen molar-refractivity contribution in [1.29, 1.82) is 0 Å². The second-order valence-electron chi connectivity index (χ2n) is 8.32. The summed E-state index contributed by atoms with van der Waals surface area (Å²) in [6, 6.07) is 28.8. The van der Waals surface area contributed by atoms with E-state index in [9.17, 15) is 8.42 Å². The molecule has 174 valence electrons. The van der Waals surface area contributed by atoms with E-state index in [1.54, 1.807) is 4.31 Å². The molecule has 3 aromatic rings. The zero-order valence-corrected chi connectivity index (χ0v) is 20.0. The van der Waals surface area contributed by atoms with E-state index in [4.69, 9.17) is 4.74 Å². The fraction of sp³-hybridized carbons (Fsp3) is 0.333. The average Bonchev–Trinajstić information content (AvgIpc) is 2.86. The number of aryl methyl sites for hydroxylation is 1. The first-order valence-electron chi connectivity index (χ1n) is 11.6. The Kier molecular flexibility index (Phi) is 7.81. The molecule has 0 aliphatic carbocycles. The Bertz CT molecular complexity index is 1060. The molecule has 1 aliphatic heterocycles. The molecular weight excluding hydrogens is 432 g/mol. The van der Waals surface area contributed by atoms with Crippen molar-refractivity contribution in [3.05, 3.63) is 102 Å². The summed E-state index contributed by atoms with van der Waals surface area (Å²) in [6.45, 7) is 4.61. The average molecular weight is 465 g/mol. The summed E-state index contributed by atoms with van der Waals surface area (Å²) >= 11 is 0. The van der Waals surface area contributed by atoms with Crippen molar-refractivity contribution >= 4 is 10.0 Å². The summed E-state index contributed by atoms with van der Waals surface area (Å²) in [7, 11) is -3.36. The van der Waals surface area contributed by atoms with Crippen LogP contribution >= 0.6 is 0 Å². The zero-order valence-electron chi connectivity index (χ0n) is 19.1. The van der Waals surface area contributed by atoms with E-state index in [-0.39, 0.29) is 18.4 Å². The molecule has 0 saturated carbocycles. The van der Waals surface area contributed by atoms with Crippen LogP contribution in [0.25, 0.3) is 0 Å². The van der Waals surface area contributed by atoms with Crippen LogP contribution in [0.4, 0.5) is 0 Å². The van der Waals surface area contributed by atoms with Gasteiger partial charge in [-0.25, -0.2) is 8.42 Å². The summed E-state index contributed by atoms with van der Waals surface area (Å²) in [4.78, 5) is 2.38. The van der Waals surface area contributed by atoms with Crippen molar-refractivity contribution in [1.82, 2.24) is 9.21 Å². The molecule has 0 amide bonds. The maximum Gasteiger partial charge on any atom is 0.217 e. The van der Waals surface area contributed by atoms with E-state index in [1.165, 1.54) is 16.7 Å². The Balaban J connectivity index is 1.36. The van der Waals surface area contributed by atoms with Gasteiger partial charge in [0.15, 0.2) is 0 Å². The largest absolute Gasteiger partial charge is 0.492 e. The molecule has 3 aromatic carbocycles. The molecule has 0 aromatic heterocycles. The zero-order chi connectivity index (χ0) is 23.1. The van der Waals surface area contributed by atoms with E-state index < -0.39 is 10.0 Å². The number of ether oxygens (including phenoxy) is 1. The minimum Gasteiger partial charge on any atom is -0.492 e. The number of hydrogen-bond acceptors (Lipinski definition) is 4. The first kappa shape index (κ1) is 23.5. The highest BCUT2D eigenvalue weighted by Gasteiger charge is 2.31. The van der Waals surface area contributed by atoms with Crippen molar-refractivity contribution in [2.24, 2.45) is 0 Å². The lowest BCUT2D eigenvalue weighted by Gasteiger charge is -2.39. The first-order valence-corrected chi connectivity index (χ1v) is 13.2. The fourth-order valence-corrected chi connectivity index (χ4v) is 5.61. The molecular formula is C27H32N2O3S. The van der Waals surface area contributed by atoms with Gasteiger partial charge >= 0.3 is 0 Å². The maximum atomic E-state index is 12.9. The van der Waals surface area contributed by atoms with Crippen LogP contribution < -0.4 is 4.74 Å². The van der Waals surface area contributed by atoms with E-state index in [0.717, 1.165) is 6.42 Å². The molecule has 0 bridgehead atoms. The molecule has 1 heterocycles. The minimum absolute atomic E-state index is 0.0106. The molecule has 0 unspecified atom stereocenters. The number of rotatable bonds is 9. The lowest BCUT2D eigenvalue weighted by molar-refractivity contribution is 0.155. The molecule has 4 rings (SSSR count). The smallest absolute Gasteiger partial charge is 0.217 e. The second-order valence-corrected chi connectivity index (χ2v) is 10.4. The Hall–Kier alpha value is -2.67. The van der Waals surface area contributed by atoms with E-state index >= 15 is 0 Å². The van der Waals surface area contributed by atoms with Gasteiger partial charge in [0.1, 0.15) is 12.4 Å². The minimum atomic E-state index is -3.36. The second kappa shape index (κ2) is 11.0. The van der Waals surface area contributed by atoms with Gasteiger partial charge in [-0.2, -0.15) is 4.31 Å². The van der Waals surface area contributed by atoms with Crippen LogP contribution in [0.1, 0.15) is 29.7 Å². The van der Waals surface area contributed by atoms with Gasteiger partial charge in [-0.05, 0) is 35.2 Å². The van der Waals surface area contributed by atoms with Gasteiger partial charge in [0.05, 0.1) is 11.8 Å². The topological polar surface area (TPSA) is 49.9 Å². The van der Waals surface area contributed by atoms with Gasteiger partial charge < -0.3 is 4.74 Å². The van der Waals surface area contributed by atoms with Gasteiger partial charge in [-0.15, -0.1) is 0 Å². The summed E-state index contributed by atoms with van der Waals surface area (Å²) in [5, 5.41) is 0. The summed E-state index contributed by atoms with van der Waals surface area (Å²) in [5.41, 5.74) is 3.68. The predicted octanol–water partition coefficient (Wildman–Crippen LogP) is 4.36. The molecule has 33 heavy (non-hydrogen) atoms. The fourth-order valence-electron chi connectivity index (χ4n) is 4.34.